The van der Waals surface area contributed by atoms with E-state index in [2.05, 4.69) is 5.32 Å². The number of hydrogen-bond donors (Lipinski definition) is 2. The molecule has 0 spiro atoms. The highest BCUT2D eigenvalue weighted by Crippen LogP contribution is 2.37. The molecule has 0 aliphatic rings. The molecule has 1 unspecified atom stereocenters. The van der Waals surface area contributed by atoms with Crippen molar-refractivity contribution in [3.05, 3.63) is 150 Å². The molecule has 3 nitrogen and oxygen atoms in total. The number of carboxylic acid groups (broad SMARTS) is 1. The SMILES string of the molecule is O=C(O)C(/C=C/c1ccccc1)NC(c1ccccc1)(c1ccccc1)c1ccccc1. The van der Waals surface area contributed by atoms with E-state index in [1.807, 2.05) is 127 Å². The maximum atomic E-state index is 12.4. The number of carboxylic acids is 1. The third-order valence-corrected chi connectivity index (χ3v) is 5.54. The fraction of sp³-hybridized carbons (Fsp3) is 0.0690. The second-order valence-corrected chi connectivity index (χ2v) is 7.58. The Morgan fingerprint density at radius 1 is 0.656 bits per heavy atom. The Balaban J connectivity index is 1.88. The summed E-state index contributed by atoms with van der Waals surface area (Å²) in [5.74, 6) is -0.940. The van der Waals surface area contributed by atoms with Crippen molar-refractivity contribution in [2.45, 2.75) is 11.6 Å². The second-order valence-electron chi connectivity index (χ2n) is 7.58. The maximum Gasteiger partial charge on any atom is 0.324 e. The van der Waals surface area contributed by atoms with Gasteiger partial charge < -0.3 is 5.11 Å². The van der Waals surface area contributed by atoms with Crippen LogP contribution >= 0.6 is 0 Å². The summed E-state index contributed by atoms with van der Waals surface area (Å²) in [6, 6.07) is 38.8. The number of rotatable bonds is 8. The van der Waals surface area contributed by atoms with Crippen molar-refractivity contribution in [2.24, 2.45) is 0 Å². The first-order valence-electron chi connectivity index (χ1n) is 10.6. The summed E-state index contributed by atoms with van der Waals surface area (Å²) in [4.78, 5) is 12.4. The van der Waals surface area contributed by atoms with Gasteiger partial charge in [-0.05, 0) is 22.3 Å². The lowest BCUT2D eigenvalue weighted by Crippen LogP contribution is -2.51. The van der Waals surface area contributed by atoms with E-state index < -0.39 is 17.6 Å². The van der Waals surface area contributed by atoms with Crippen LogP contribution in [0.2, 0.25) is 0 Å². The second kappa shape index (κ2) is 9.90. The minimum atomic E-state index is -0.940. The number of benzene rings is 4. The predicted molar refractivity (Wildman–Crippen MR) is 129 cm³/mol. The van der Waals surface area contributed by atoms with Crippen LogP contribution in [0.25, 0.3) is 6.08 Å². The van der Waals surface area contributed by atoms with Gasteiger partial charge in [-0.15, -0.1) is 0 Å². The van der Waals surface area contributed by atoms with E-state index in [9.17, 15) is 9.90 Å². The average Bonchev–Trinajstić information content (AvgIpc) is 2.86. The van der Waals surface area contributed by atoms with E-state index >= 15 is 0 Å². The summed E-state index contributed by atoms with van der Waals surface area (Å²) < 4.78 is 0. The molecular weight excluding hydrogens is 394 g/mol. The highest BCUT2D eigenvalue weighted by molar-refractivity contribution is 5.78. The monoisotopic (exact) mass is 419 g/mol. The predicted octanol–water partition coefficient (Wildman–Crippen LogP) is 5.73. The zero-order valence-electron chi connectivity index (χ0n) is 17.6. The number of nitrogens with one attached hydrogen (secondary N) is 1. The van der Waals surface area contributed by atoms with Gasteiger partial charge in [0, 0.05) is 0 Å². The Labute approximate surface area is 188 Å². The number of aliphatic carboxylic acids is 1. The van der Waals surface area contributed by atoms with Gasteiger partial charge in [0.1, 0.15) is 6.04 Å². The van der Waals surface area contributed by atoms with Crippen LogP contribution in [-0.4, -0.2) is 17.1 Å². The quantitative estimate of drug-likeness (QED) is 0.358. The zero-order chi connectivity index (χ0) is 22.2. The third-order valence-electron chi connectivity index (χ3n) is 5.54. The fourth-order valence-electron chi connectivity index (χ4n) is 4.01. The van der Waals surface area contributed by atoms with E-state index in [0.717, 1.165) is 22.3 Å². The minimum absolute atomic E-state index is 0.853. The van der Waals surface area contributed by atoms with Crippen molar-refractivity contribution >= 4 is 12.0 Å². The van der Waals surface area contributed by atoms with Crippen LogP contribution in [0.15, 0.2) is 127 Å². The summed E-state index contributed by atoms with van der Waals surface area (Å²) in [5.41, 5.74) is 3.00. The van der Waals surface area contributed by atoms with Crippen LogP contribution in [0, 0.1) is 0 Å². The average molecular weight is 420 g/mol. The molecule has 0 fully saturated rings. The van der Waals surface area contributed by atoms with E-state index in [4.69, 9.17) is 0 Å². The summed E-state index contributed by atoms with van der Waals surface area (Å²) in [7, 11) is 0. The number of carbonyl (C=O) groups is 1. The van der Waals surface area contributed by atoms with Crippen LogP contribution in [0.3, 0.4) is 0 Å². The summed E-state index contributed by atoms with van der Waals surface area (Å²) >= 11 is 0. The van der Waals surface area contributed by atoms with Crippen molar-refractivity contribution in [2.75, 3.05) is 0 Å². The zero-order valence-corrected chi connectivity index (χ0v) is 17.6. The largest absolute Gasteiger partial charge is 0.480 e. The molecule has 0 amide bonds. The van der Waals surface area contributed by atoms with Crippen molar-refractivity contribution < 1.29 is 9.90 Å². The molecule has 32 heavy (non-hydrogen) atoms. The van der Waals surface area contributed by atoms with Crippen LogP contribution in [-0.2, 0) is 10.3 Å². The molecule has 0 aromatic heterocycles. The van der Waals surface area contributed by atoms with Crippen LogP contribution in [0.4, 0.5) is 0 Å². The Kier molecular flexibility index (Phi) is 6.59. The van der Waals surface area contributed by atoms with Crippen molar-refractivity contribution in [3.8, 4) is 0 Å². The van der Waals surface area contributed by atoms with Gasteiger partial charge in [-0.2, -0.15) is 0 Å². The Bertz CT molecular complexity index is 1060. The fourth-order valence-corrected chi connectivity index (χ4v) is 4.01. The maximum absolute atomic E-state index is 12.4. The lowest BCUT2D eigenvalue weighted by atomic mass is 9.76. The van der Waals surface area contributed by atoms with Gasteiger partial charge in [0.15, 0.2) is 0 Å². The smallest absolute Gasteiger partial charge is 0.324 e. The molecule has 1 atom stereocenters. The number of hydrogen-bond acceptors (Lipinski definition) is 2. The topological polar surface area (TPSA) is 49.3 Å². The summed E-state index contributed by atoms with van der Waals surface area (Å²) in [5, 5.41) is 13.6. The van der Waals surface area contributed by atoms with Gasteiger partial charge in [0.25, 0.3) is 0 Å². The molecule has 0 bridgehead atoms. The van der Waals surface area contributed by atoms with E-state index in [1.54, 1.807) is 6.08 Å². The van der Waals surface area contributed by atoms with E-state index in [1.165, 1.54) is 0 Å². The van der Waals surface area contributed by atoms with Crippen LogP contribution in [0.5, 0.6) is 0 Å². The van der Waals surface area contributed by atoms with Gasteiger partial charge in [-0.25, -0.2) is 0 Å². The molecule has 158 valence electrons. The Morgan fingerprint density at radius 2 is 1.03 bits per heavy atom. The first kappa shape index (κ1) is 21.3. The highest BCUT2D eigenvalue weighted by atomic mass is 16.4. The van der Waals surface area contributed by atoms with E-state index in [0.29, 0.717) is 0 Å². The molecule has 0 radical (unpaired) electrons. The normalized spacial score (nSPS) is 12.5. The molecule has 3 heteroatoms. The molecule has 4 aromatic rings. The standard InChI is InChI=1S/C29H25NO2/c31-28(32)27(22-21-23-13-5-1-6-14-23)30-29(24-15-7-2-8-16-24,25-17-9-3-10-18-25)26-19-11-4-12-20-26/h1-22,27,30H,(H,31,32)/b22-21+. The summed E-state index contributed by atoms with van der Waals surface area (Å²) in [6.45, 7) is 0. The molecule has 2 N–H and O–H groups in total. The molecule has 0 aliphatic carbocycles. The molecular formula is C29H25NO2. The summed E-state index contributed by atoms with van der Waals surface area (Å²) in [6.07, 6.45) is 3.55. The third kappa shape index (κ3) is 4.53. The molecule has 0 saturated carbocycles. The molecule has 0 aliphatic heterocycles. The van der Waals surface area contributed by atoms with Crippen molar-refractivity contribution in [3.63, 3.8) is 0 Å². The highest BCUT2D eigenvalue weighted by Gasteiger charge is 2.39. The van der Waals surface area contributed by atoms with Gasteiger partial charge >= 0.3 is 5.97 Å². The van der Waals surface area contributed by atoms with Crippen molar-refractivity contribution in [1.29, 1.82) is 0 Å². The van der Waals surface area contributed by atoms with Gasteiger partial charge in [-0.3, -0.25) is 10.1 Å². The van der Waals surface area contributed by atoms with Crippen molar-refractivity contribution in [1.82, 2.24) is 5.32 Å². The Hall–Kier alpha value is -3.95. The van der Waals surface area contributed by atoms with Gasteiger partial charge in [0.05, 0.1) is 5.54 Å². The van der Waals surface area contributed by atoms with Crippen LogP contribution in [0.1, 0.15) is 22.3 Å². The lowest BCUT2D eigenvalue weighted by molar-refractivity contribution is -0.138. The van der Waals surface area contributed by atoms with Crippen LogP contribution < -0.4 is 5.32 Å². The minimum Gasteiger partial charge on any atom is -0.480 e. The first-order valence-corrected chi connectivity index (χ1v) is 10.6. The molecule has 4 rings (SSSR count). The molecule has 4 aromatic carbocycles. The van der Waals surface area contributed by atoms with E-state index in [-0.39, 0.29) is 0 Å². The molecule has 0 heterocycles. The lowest BCUT2D eigenvalue weighted by Gasteiger charge is -2.38. The molecule has 0 saturated heterocycles. The Morgan fingerprint density at radius 3 is 1.41 bits per heavy atom. The van der Waals surface area contributed by atoms with Gasteiger partial charge in [0.2, 0.25) is 0 Å². The van der Waals surface area contributed by atoms with Gasteiger partial charge in [-0.1, -0.05) is 133 Å². The first-order chi connectivity index (χ1) is 15.7.